The van der Waals surface area contributed by atoms with Crippen LogP contribution < -0.4 is 5.32 Å². The molecule has 2 aromatic rings. The fourth-order valence-corrected chi connectivity index (χ4v) is 2.28. The fraction of sp³-hybridized carbons (Fsp3) is 0.467. The Labute approximate surface area is 119 Å². The highest BCUT2D eigenvalue weighted by atomic mass is 16.3. The molecule has 1 atom stereocenters. The molecule has 20 heavy (non-hydrogen) atoms. The maximum atomic E-state index is 9.22. The molecule has 5 heteroatoms. The number of aliphatic hydroxyl groups is 1. The lowest BCUT2D eigenvalue weighted by atomic mass is 10.0. The van der Waals surface area contributed by atoms with Crippen LogP contribution in [-0.2, 0) is 20.0 Å². The van der Waals surface area contributed by atoms with Gasteiger partial charge in [0, 0.05) is 26.1 Å². The summed E-state index contributed by atoms with van der Waals surface area (Å²) in [6.07, 6.45) is 1.56. The van der Waals surface area contributed by atoms with Crippen molar-refractivity contribution < 1.29 is 5.11 Å². The minimum Gasteiger partial charge on any atom is -0.396 e. The van der Waals surface area contributed by atoms with Gasteiger partial charge in [-0.3, -0.25) is 0 Å². The Morgan fingerprint density at radius 2 is 1.90 bits per heavy atom. The molecule has 0 aliphatic carbocycles. The van der Waals surface area contributed by atoms with Crippen molar-refractivity contribution in [3.8, 4) is 0 Å². The summed E-state index contributed by atoms with van der Waals surface area (Å²) in [7, 11) is 1.99. The summed E-state index contributed by atoms with van der Waals surface area (Å²) in [4.78, 5) is 0. The summed E-state index contributed by atoms with van der Waals surface area (Å²) >= 11 is 0. The van der Waals surface area contributed by atoms with Gasteiger partial charge in [0.05, 0.1) is 6.54 Å². The summed E-state index contributed by atoms with van der Waals surface area (Å²) in [6.45, 7) is 2.87. The number of rotatable bonds is 7. The van der Waals surface area contributed by atoms with Crippen LogP contribution in [0.4, 0.5) is 0 Å². The highest BCUT2D eigenvalue weighted by molar-refractivity contribution is 5.18. The van der Waals surface area contributed by atoms with E-state index in [1.165, 1.54) is 5.56 Å². The van der Waals surface area contributed by atoms with Crippen molar-refractivity contribution in [3.05, 3.63) is 47.5 Å². The average Bonchev–Trinajstić information content (AvgIpc) is 2.85. The molecule has 0 aliphatic heterocycles. The summed E-state index contributed by atoms with van der Waals surface area (Å²) in [5.41, 5.74) is 1.18. The molecular formula is C15H22N4O. The fourth-order valence-electron chi connectivity index (χ4n) is 2.28. The Balaban J connectivity index is 2.04. The van der Waals surface area contributed by atoms with Crippen molar-refractivity contribution in [2.75, 3.05) is 6.61 Å². The third kappa shape index (κ3) is 3.43. The molecule has 108 valence electrons. The molecular weight excluding hydrogens is 252 g/mol. The van der Waals surface area contributed by atoms with Crippen LogP contribution in [0.1, 0.15) is 36.6 Å². The lowest BCUT2D eigenvalue weighted by molar-refractivity contribution is 0.264. The molecule has 0 amide bonds. The molecule has 1 aromatic heterocycles. The lowest BCUT2D eigenvalue weighted by Crippen LogP contribution is -2.23. The van der Waals surface area contributed by atoms with Crippen LogP contribution in [0.3, 0.4) is 0 Å². The first-order chi connectivity index (χ1) is 9.76. The Bertz CT molecular complexity index is 524. The zero-order valence-electron chi connectivity index (χ0n) is 12.1. The van der Waals surface area contributed by atoms with Gasteiger partial charge in [-0.15, -0.1) is 10.2 Å². The van der Waals surface area contributed by atoms with Gasteiger partial charge in [-0.2, -0.15) is 0 Å². The number of hydrogen-bond donors (Lipinski definition) is 2. The lowest BCUT2D eigenvalue weighted by Gasteiger charge is -2.18. The van der Waals surface area contributed by atoms with E-state index in [1.807, 2.05) is 29.8 Å². The SMILES string of the molecule is CCc1nnc(CNC(CCO)c2ccccc2)n1C. The second-order valence-electron chi connectivity index (χ2n) is 4.80. The summed E-state index contributed by atoms with van der Waals surface area (Å²) in [5.74, 6) is 1.90. The van der Waals surface area contributed by atoms with Gasteiger partial charge < -0.3 is 15.0 Å². The smallest absolute Gasteiger partial charge is 0.146 e. The van der Waals surface area contributed by atoms with Gasteiger partial charge in [0.2, 0.25) is 0 Å². The molecule has 0 aliphatic rings. The Hall–Kier alpha value is -1.72. The van der Waals surface area contributed by atoms with Crippen LogP contribution in [0.25, 0.3) is 0 Å². The normalized spacial score (nSPS) is 12.6. The Morgan fingerprint density at radius 3 is 2.50 bits per heavy atom. The van der Waals surface area contributed by atoms with Crippen molar-refractivity contribution in [2.24, 2.45) is 7.05 Å². The van der Waals surface area contributed by atoms with Crippen molar-refractivity contribution in [1.29, 1.82) is 0 Å². The van der Waals surface area contributed by atoms with Gasteiger partial charge in [0.15, 0.2) is 0 Å². The maximum Gasteiger partial charge on any atom is 0.146 e. The third-order valence-corrected chi connectivity index (χ3v) is 3.50. The maximum absolute atomic E-state index is 9.22. The number of aromatic nitrogens is 3. The van der Waals surface area contributed by atoms with Crippen LogP contribution >= 0.6 is 0 Å². The summed E-state index contributed by atoms with van der Waals surface area (Å²) in [5, 5.41) is 21.0. The molecule has 0 saturated heterocycles. The number of hydrogen-bond acceptors (Lipinski definition) is 4. The van der Waals surface area contributed by atoms with E-state index in [-0.39, 0.29) is 12.6 Å². The average molecular weight is 274 g/mol. The second-order valence-corrected chi connectivity index (χ2v) is 4.80. The van der Waals surface area contributed by atoms with E-state index in [2.05, 4.69) is 34.6 Å². The van der Waals surface area contributed by atoms with Gasteiger partial charge in [-0.1, -0.05) is 37.3 Å². The first-order valence-electron chi connectivity index (χ1n) is 7.02. The van der Waals surface area contributed by atoms with Crippen LogP contribution in [-0.4, -0.2) is 26.5 Å². The number of aryl methyl sites for hydroxylation is 1. The van der Waals surface area contributed by atoms with Gasteiger partial charge >= 0.3 is 0 Å². The van der Waals surface area contributed by atoms with Crippen molar-refractivity contribution in [2.45, 2.75) is 32.4 Å². The molecule has 1 heterocycles. The van der Waals surface area contributed by atoms with Gasteiger partial charge in [-0.25, -0.2) is 0 Å². The van der Waals surface area contributed by atoms with Gasteiger partial charge in [-0.05, 0) is 12.0 Å². The van der Waals surface area contributed by atoms with Crippen LogP contribution in [0.2, 0.25) is 0 Å². The first kappa shape index (κ1) is 14.7. The van der Waals surface area contributed by atoms with E-state index in [0.29, 0.717) is 13.0 Å². The van der Waals surface area contributed by atoms with E-state index < -0.39 is 0 Å². The zero-order chi connectivity index (χ0) is 14.4. The molecule has 2 rings (SSSR count). The van der Waals surface area contributed by atoms with Crippen LogP contribution in [0, 0.1) is 0 Å². The van der Waals surface area contributed by atoms with E-state index in [9.17, 15) is 5.11 Å². The minimum atomic E-state index is 0.128. The van der Waals surface area contributed by atoms with Gasteiger partial charge in [0.25, 0.3) is 0 Å². The standard InChI is InChI=1S/C15H22N4O/c1-3-14-17-18-15(19(14)2)11-16-13(9-10-20)12-7-5-4-6-8-12/h4-8,13,16,20H,3,9-11H2,1-2H3. The quantitative estimate of drug-likeness (QED) is 0.805. The highest BCUT2D eigenvalue weighted by Crippen LogP contribution is 2.16. The topological polar surface area (TPSA) is 63.0 Å². The van der Waals surface area contributed by atoms with E-state index in [0.717, 1.165) is 18.1 Å². The van der Waals surface area contributed by atoms with Gasteiger partial charge in [0.1, 0.15) is 11.6 Å². The number of nitrogens with one attached hydrogen (secondary N) is 1. The van der Waals surface area contributed by atoms with Crippen LogP contribution in [0.5, 0.6) is 0 Å². The number of aliphatic hydroxyl groups excluding tert-OH is 1. The Kier molecular flexibility index (Phi) is 5.26. The van der Waals surface area contributed by atoms with Crippen molar-refractivity contribution in [1.82, 2.24) is 20.1 Å². The number of nitrogens with zero attached hydrogens (tertiary/aromatic N) is 3. The molecule has 0 bridgehead atoms. The molecule has 0 spiro atoms. The monoisotopic (exact) mass is 274 g/mol. The van der Waals surface area contributed by atoms with Crippen molar-refractivity contribution >= 4 is 0 Å². The summed E-state index contributed by atoms with van der Waals surface area (Å²) in [6, 6.07) is 10.3. The molecule has 1 aromatic carbocycles. The van der Waals surface area contributed by atoms with E-state index in [1.54, 1.807) is 0 Å². The minimum absolute atomic E-state index is 0.128. The molecule has 0 radical (unpaired) electrons. The van der Waals surface area contributed by atoms with E-state index >= 15 is 0 Å². The molecule has 1 unspecified atom stereocenters. The second kappa shape index (κ2) is 7.17. The molecule has 5 nitrogen and oxygen atoms in total. The molecule has 2 N–H and O–H groups in total. The molecule has 0 fully saturated rings. The largest absolute Gasteiger partial charge is 0.396 e. The third-order valence-electron chi connectivity index (χ3n) is 3.50. The first-order valence-corrected chi connectivity index (χ1v) is 7.02. The van der Waals surface area contributed by atoms with E-state index in [4.69, 9.17) is 0 Å². The highest BCUT2D eigenvalue weighted by Gasteiger charge is 2.12. The Morgan fingerprint density at radius 1 is 1.20 bits per heavy atom. The predicted molar refractivity (Wildman–Crippen MR) is 78.1 cm³/mol. The zero-order valence-corrected chi connectivity index (χ0v) is 12.1. The summed E-state index contributed by atoms with van der Waals surface area (Å²) < 4.78 is 2.02. The van der Waals surface area contributed by atoms with Crippen LogP contribution in [0.15, 0.2) is 30.3 Å². The van der Waals surface area contributed by atoms with Crippen molar-refractivity contribution in [3.63, 3.8) is 0 Å². The molecule has 0 saturated carbocycles. The predicted octanol–water partition coefficient (Wildman–Crippen LogP) is 1.59. The number of benzene rings is 1.